The van der Waals surface area contributed by atoms with Crippen molar-refractivity contribution in [3.05, 3.63) is 78.4 Å². The summed E-state index contributed by atoms with van der Waals surface area (Å²) >= 11 is 0. The van der Waals surface area contributed by atoms with E-state index in [2.05, 4.69) is 10.1 Å². The number of hydrogen-bond donors (Lipinski definition) is 3. The van der Waals surface area contributed by atoms with Crippen LogP contribution in [-0.2, 0) is 4.79 Å². The molecule has 3 aromatic carbocycles. The summed E-state index contributed by atoms with van der Waals surface area (Å²) in [4.78, 5) is 24.4. The molecule has 0 saturated heterocycles. The summed E-state index contributed by atoms with van der Waals surface area (Å²) in [7, 11) is 0. The van der Waals surface area contributed by atoms with Crippen molar-refractivity contribution in [2.75, 3.05) is 10.6 Å². The lowest BCUT2D eigenvalue weighted by Gasteiger charge is -2.18. The number of alkyl halides is 6. The molecule has 12 heteroatoms. The minimum atomic E-state index is -5.20. The van der Waals surface area contributed by atoms with Crippen molar-refractivity contribution in [1.82, 2.24) is 0 Å². The molecule has 0 aromatic heterocycles. The van der Waals surface area contributed by atoms with Gasteiger partial charge in [0.1, 0.15) is 0 Å². The highest BCUT2D eigenvalue weighted by molar-refractivity contribution is 6.05. The third-order valence-corrected chi connectivity index (χ3v) is 4.61. The zero-order valence-corrected chi connectivity index (χ0v) is 17.6. The third-order valence-electron chi connectivity index (χ3n) is 4.61. The Bertz CT molecular complexity index is 1200. The van der Waals surface area contributed by atoms with Crippen molar-refractivity contribution in [1.29, 1.82) is 0 Å². The Morgan fingerprint density at radius 3 is 1.97 bits per heavy atom. The molecule has 1 unspecified atom stereocenters. The van der Waals surface area contributed by atoms with E-state index < -0.39 is 41.8 Å². The number of carbonyl (C=O) groups excluding carboxylic acids is 2. The summed E-state index contributed by atoms with van der Waals surface area (Å²) < 4.78 is 79.9. The first-order valence-corrected chi connectivity index (χ1v) is 9.83. The number of nitrogens with one attached hydrogen (secondary N) is 2. The zero-order valence-electron chi connectivity index (χ0n) is 17.6. The fourth-order valence-electron chi connectivity index (χ4n) is 2.93. The highest BCUT2D eigenvalue weighted by Crippen LogP contribution is 2.33. The van der Waals surface area contributed by atoms with Gasteiger partial charge in [0.2, 0.25) is 0 Å². The third kappa shape index (κ3) is 6.96. The van der Waals surface area contributed by atoms with Gasteiger partial charge in [-0.25, -0.2) is 0 Å². The summed E-state index contributed by atoms with van der Waals surface area (Å²) in [5.41, 5.74) is 5.85. The van der Waals surface area contributed by atoms with Gasteiger partial charge in [-0.15, -0.1) is 13.2 Å². The van der Waals surface area contributed by atoms with E-state index in [1.807, 2.05) is 30.3 Å². The van der Waals surface area contributed by atoms with Crippen molar-refractivity contribution in [2.45, 2.75) is 18.6 Å². The number of ether oxygens (including phenoxy) is 1. The first kappa shape index (κ1) is 25.6. The van der Waals surface area contributed by atoms with Crippen LogP contribution in [0.5, 0.6) is 5.75 Å². The van der Waals surface area contributed by atoms with Crippen LogP contribution >= 0.6 is 0 Å². The van der Waals surface area contributed by atoms with Gasteiger partial charge in [-0.05, 0) is 41.5 Å². The molecule has 0 aliphatic carbocycles. The van der Waals surface area contributed by atoms with Crippen molar-refractivity contribution in [3.63, 3.8) is 0 Å². The molecular weight excluding hydrogens is 480 g/mol. The maximum absolute atomic E-state index is 12.7. The standard InChI is InChI=1S/C23H17F6N3O3/c24-22(25,26)19(30)21(34)32-17-12-16(10-11-18(17)35-23(27,28)29)31-20(33)15-8-6-14(7-9-15)13-4-2-1-3-5-13/h1-12,19H,30H2,(H,31,33)(H,32,34). The molecular formula is C23H17F6N3O3. The fraction of sp³-hybridized carbons (Fsp3) is 0.130. The van der Waals surface area contributed by atoms with E-state index in [1.54, 1.807) is 17.4 Å². The van der Waals surface area contributed by atoms with Crippen molar-refractivity contribution >= 4 is 23.2 Å². The minimum Gasteiger partial charge on any atom is -0.404 e. The smallest absolute Gasteiger partial charge is 0.404 e. The monoisotopic (exact) mass is 497 g/mol. The molecule has 0 aliphatic rings. The molecule has 3 rings (SSSR count). The Morgan fingerprint density at radius 1 is 0.800 bits per heavy atom. The van der Waals surface area contributed by atoms with Crippen LogP contribution in [-0.4, -0.2) is 30.4 Å². The zero-order chi connectivity index (χ0) is 25.8. The summed E-state index contributed by atoms with van der Waals surface area (Å²) in [6.07, 6.45) is -10.3. The van der Waals surface area contributed by atoms with Gasteiger partial charge in [-0.1, -0.05) is 42.5 Å². The Kier molecular flexibility index (Phi) is 7.34. The van der Waals surface area contributed by atoms with Gasteiger partial charge in [0.15, 0.2) is 11.8 Å². The van der Waals surface area contributed by atoms with Crippen LogP contribution < -0.4 is 21.1 Å². The van der Waals surface area contributed by atoms with Crippen LogP contribution in [0, 0.1) is 0 Å². The molecule has 2 amide bonds. The predicted molar refractivity (Wildman–Crippen MR) is 116 cm³/mol. The molecule has 1 atom stereocenters. The average molecular weight is 497 g/mol. The minimum absolute atomic E-state index is 0.118. The number of carbonyl (C=O) groups is 2. The second kappa shape index (κ2) is 10.1. The number of benzene rings is 3. The van der Waals surface area contributed by atoms with E-state index in [9.17, 15) is 35.9 Å². The van der Waals surface area contributed by atoms with Crippen LogP contribution in [0.2, 0.25) is 0 Å². The second-order valence-electron chi connectivity index (χ2n) is 7.16. The first-order valence-electron chi connectivity index (χ1n) is 9.83. The molecule has 4 N–H and O–H groups in total. The van der Waals surface area contributed by atoms with E-state index in [0.717, 1.165) is 29.3 Å². The van der Waals surface area contributed by atoms with Crippen molar-refractivity contribution < 1.29 is 40.7 Å². The summed E-state index contributed by atoms with van der Waals surface area (Å²) in [5, 5.41) is 4.06. The van der Waals surface area contributed by atoms with Gasteiger partial charge in [0, 0.05) is 11.3 Å². The summed E-state index contributed by atoms with van der Waals surface area (Å²) in [5.74, 6) is -3.46. The van der Waals surface area contributed by atoms with E-state index in [0.29, 0.717) is 0 Å². The van der Waals surface area contributed by atoms with Gasteiger partial charge >= 0.3 is 12.5 Å². The quantitative estimate of drug-likeness (QED) is 0.401. The molecule has 6 nitrogen and oxygen atoms in total. The SMILES string of the molecule is NC(C(=O)Nc1cc(NC(=O)c2ccc(-c3ccccc3)cc2)ccc1OC(F)(F)F)C(F)(F)F. The first-order chi connectivity index (χ1) is 16.3. The molecule has 0 aliphatic heterocycles. The lowest BCUT2D eigenvalue weighted by molar-refractivity contribution is -0.274. The van der Waals surface area contributed by atoms with Crippen LogP contribution in [0.15, 0.2) is 72.8 Å². The Hall–Kier alpha value is -4.06. The lowest BCUT2D eigenvalue weighted by Crippen LogP contribution is -2.47. The topological polar surface area (TPSA) is 93.5 Å². The van der Waals surface area contributed by atoms with Gasteiger partial charge in [-0.3, -0.25) is 9.59 Å². The molecule has 0 saturated carbocycles. The average Bonchev–Trinajstić information content (AvgIpc) is 2.79. The van der Waals surface area contributed by atoms with E-state index in [-0.39, 0.29) is 11.3 Å². The maximum atomic E-state index is 12.7. The molecule has 0 heterocycles. The lowest BCUT2D eigenvalue weighted by atomic mass is 10.0. The Morgan fingerprint density at radius 2 is 1.40 bits per heavy atom. The molecule has 35 heavy (non-hydrogen) atoms. The number of rotatable bonds is 6. The number of hydrogen-bond acceptors (Lipinski definition) is 4. The van der Waals surface area contributed by atoms with Gasteiger partial charge in [0.25, 0.3) is 11.8 Å². The maximum Gasteiger partial charge on any atom is 0.573 e. The molecule has 0 bridgehead atoms. The summed E-state index contributed by atoms with van der Waals surface area (Å²) in [6, 6.07) is 15.3. The highest BCUT2D eigenvalue weighted by atomic mass is 19.4. The van der Waals surface area contributed by atoms with Crippen LogP contribution in [0.25, 0.3) is 11.1 Å². The number of anilines is 2. The van der Waals surface area contributed by atoms with Crippen LogP contribution in [0.4, 0.5) is 37.7 Å². The second-order valence-corrected chi connectivity index (χ2v) is 7.16. The van der Waals surface area contributed by atoms with Gasteiger partial charge < -0.3 is 21.1 Å². The van der Waals surface area contributed by atoms with E-state index >= 15 is 0 Å². The molecule has 0 radical (unpaired) electrons. The molecule has 0 spiro atoms. The van der Waals surface area contributed by atoms with E-state index in [1.165, 1.54) is 12.1 Å². The van der Waals surface area contributed by atoms with Crippen molar-refractivity contribution in [2.24, 2.45) is 5.73 Å². The Labute approximate surface area is 194 Å². The normalized spacial score (nSPS) is 12.5. The fourth-order valence-corrected chi connectivity index (χ4v) is 2.93. The summed E-state index contributed by atoms with van der Waals surface area (Å²) in [6.45, 7) is 0. The number of halogens is 6. The number of amides is 2. The van der Waals surface area contributed by atoms with Gasteiger partial charge in [0.05, 0.1) is 5.69 Å². The van der Waals surface area contributed by atoms with E-state index in [4.69, 9.17) is 5.73 Å². The molecule has 3 aromatic rings. The Balaban J connectivity index is 1.81. The highest BCUT2D eigenvalue weighted by Gasteiger charge is 2.42. The van der Waals surface area contributed by atoms with Crippen molar-refractivity contribution in [3.8, 4) is 16.9 Å². The predicted octanol–water partition coefficient (Wildman–Crippen LogP) is 5.33. The molecule has 0 fully saturated rings. The van der Waals surface area contributed by atoms with Gasteiger partial charge in [-0.2, -0.15) is 13.2 Å². The number of nitrogens with two attached hydrogens (primary N) is 1. The van der Waals surface area contributed by atoms with Crippen LogP contribution in [0.3, 0.4) is 0 Å². The molecule has 184 valence electrons. The largest absolute Gasteiger partial charge is 0.573 e. The van der Waals surface area contributed by atoms with Crippen LogP contribution in [0.1, 0.15) is 10.4 Å².